The molecule has 0 spiro atoms. The number of carbonyl (C=O) groups excluding carboxylic acids is 2. The van der Waals surface area contributed by atoms with Crippen molar-refractivity contribution in [3.8, 4) is 0 Å². The van der Waals surface area contributed by atoms with E-state index in [4.69, 9.17) is 9.84 Å². The number of aliphatic hydroxyl groups is 1. The summed E-state index contributed by atoms with van der Waals surface area (Å²) < 4.78 is 5.33. The van der Waals surface area contributed by atoms with Crippen LogP contribution in [0.15, 0.2) is 0 Å². The van der Waals surface area contributed by atoms with Gasteiger partial charge in [0.05, 0.1) is 0 Å². The Balaban J connectivity index is 2.72. The van der Waals surface area contributed by atoms with Gasteiger partial charge in [-0.25, -0.2) is 4.79 Å². The first-order valence-electron chi connectivity index (χ1n) is 6.41. The number of likely N-dealkylation sites (tertiary alicyclic amines) is 1. The minimum Gasteiger partial charge on any atom is -0.458 e. The highest BCUT2D eigenvalue weighted by Crippen LogP contribution is 2.23. The van der Waals surface area contributed by atoms with Crippen LogP contribution in [0.4, 0.5) is 0 Å². The number of ether oxygens (including phenoxy) is 1. The molecule has 0 saturated carbocycles. The van der Waals surface area contributed by atoms with Crippen molar-refractivity contribution < 1.29 is 19.4 Å². The number of aliphatic hydroxyl groups excluding tert-OH is 1. The maximum absolute atomic E-state index is 12.0. The molecule has 1 unspecified atom stereocenters. The van der Waals surface area contributed by atoms with E-state index in [0.29, 0.717) is 19.4 Å². The summed E-state index contributed by atoms with van der Waals surface area (Å²) in [6, 6.07) is -0.534. The van der Waals surface area contributed by atoms with E-state index >= 15 is 0 Å². The number of hydrogen-bond acceptors (Lipinski definition) is 4. The lowest BCUT2D eigenvalue weighted by Crippen LogP contribution is -2.45. The zero-order valence-electron chi connectivity index (χ0n) is 11.6. The van der Waals surface area contributed by atoms with Crippen LogP contribution in [0.3, 0.4) is 0 Å². The molecule has 1 saturated heterocycles. The largest absolute Gasteiger partial charge is 0.458 e. The SMILES string of the molecule is CC[C@@H](C(=O)OC(C)(C)C)N1CC(CO)CC1=O. The first kappa shape index (κ1) is 15.0. The second-order valence-electron chi connectivity index (χ2n) is 5.76. The Morgan fingerprint density at radius 2 is 2.17 bits per heavy atom. The monoisotopic (exact) mass is 257 g/mol. The zero-order chi connectivity index (χ0) is 13.9. The highest BCUT2D eigenvalue weighted by atomic mass is 16.6. The first-order chi connectivity index (χ1) is 8.28. The fraction of sp³-hybridized carbons (Fsp3) is 0.846. The summed E-state index contributed by atoms with van der Waals surface area (Å²) in [5.74, 6) is -0.502. The van der Waals surface area contributed by atoms with Crippen molar-refractivity contribution in [2.24, 2.45) is 5.92 Å². The number of nitrogens with zero attached hydrogens (tertiary/aromatic N) is 1. The summed E-state index contributed by atoms with van der Waals surface area (Å²) in [5.41, 5.74) is -0.552. The van der Waals surface area contributed by atoms with E-state index in [1.54, 1.807) is 20.8 Å². The van der Waals surface area contributed by atoms with E-state index in [1.165, 1.54) is 4.90 Å². The lowest BCUT2D eigenvalue weighted by atomic mass is 10.1. The molecule has 0 bridgehead atoms. The quantitative estimate of drug-likeness (QED) is 0.761. The van der Waals surface area contributed by atoms with E-state index in [0.717, 1.165) is 0 Å². The lowest BCUT2D eigenvalue weighted by molar-refractivity contribution is -0.163. The fourth-order valence-electron chi connectivity index (χ4n) is 2.12. The fourth-order valence-corrected chi connectivity index (χ4v) is 2.12. The molecule has 1 N–H and O–H groups in total. The molecule has 1 rings (SSSR count). The molecule has 0 radical (unpaired) electrons. The first-order valence-corrected chi connectivity index (χ1v) is 6.41. The molecular formula is C13H23NO4. The summed E-state index contributed by atoms with van der Waals surface area (Å²) in [6.07, 6.45) is 0.842. The molecule has 104 valence electrons. The van der Waals surface area contributed by atoms with Crippen molar-refractivity contribution in [3.63, 3.8) is 0 Å². The van der Waals surface area contributed by atoms with Gasteiger partial charge in [0.2, 0.25) is 5.91 Å². The van der Waals surface area contributed by atoms with Crippen LogP contribution < -0.4 is 0 Å². The Kier molecular flexibility index (Phi) is 4.73. The molecule has 18 heavy (non-hydrogen) atoms. The predicted molar refractivity (Wildman–Crippen MR) is 66.8 cm³/mol. The summed E-state index contributed by atoms with van der Waals surface area (Å²) in [5, 5.41) is 9.09. The minimum absolute atomic E-state index is 0.0208. The van der Waals surface area contributed by atoms with Crippen molar-refractivity contribution in [2.75, 3.05) is 13.2 Å². The van der Waals surface area contributed by atoms with Gasteiger partial charge in [-0.15, -0.1) is 0 Å². The summed E-state index contributed by atoms with van der Waals surface area (Å²) in [7, 11) is 0. The van der Waals surface area contributed by atoms with Gasteiger partial charge in [0.25, 0.3) is 0 Å². The molecule has 2 atom stereocenters. The average Bonchev–Trinajstić information content (AvgIpc) is 2.59. The van der Waals surface area contributed by atoms with Crippen molar-refractivity contribution in [1.29, 1.82) is 0 Å². The third kappa shape index (κ3) is 3.70. The molecule has 1 aliphatic rings. The third-order valence-electron chi connectivity index (χ3n) is 2.94. The van der Waals surface area contributed by atoms with Crippen LogP contribution in [-0.2, 0) is 14.3 Å². The maximum Gasteiger partial charge on any atom is 0.329 e. The van der Waals surface area contributed by atoms with Crippen LogP contribution in [-0.4, -0.2) is 46.7 Å². The Labute approximate surface area is 108 Å². The van der Waals surface area contributed by atoms with Crippen LogP contribution in [0.2, 0.25) is 0 Å². The Bertz CT molecular complexity index is 321. The Morgan fingerprint density at radius 3 is 2.56 bits per heavy atom. The number of esters is 1. The highest BCUT2D eigenvalue weighted by molar-refractivity contribution is 5.86. The number of carbonyl (C=O) groups is 2. The molecule has 1 aliphatic heterocycles. The van der Waals surface area contributed by atoms with E-state index in [9.17, 15) is 9.59 Å². The molecule has 0 aromatic heterocycles. The van der Waals surface area contributed by atoms with Gasteiger partial charge in [0.15, 0.2) is 0 Å². The van der Waals surface area contributed by atoms with Gasteiger partial charge < -0.3 is 14.7 Å². The molecule has 1 fully saturated rings. The summed E-state index contributed by atoms with van der Waals surface area (Å²) in [6.45, 7) is 7.69. The van der Waals surface area contributed by atoms with Crippen molar-refractivity contribution in [3.05, 3.63) is 0 Å². The van der Waals surface area contributed by atoms with E-state index in [1.807, 2.05) is 6.92 Å². The standard InChI is InChI=1S/C13H23NO4/c1-5-10(12(17)18-13(2,3)4)14-7-9(8-15)6-11(14)16/h9-10,15H,5-8H2,1-4H3/t9?,10-/m0/s1. The highest BCUT2D eigenvalue weighted by Gasteiger charge is 2.38. The average molecular weight is 257 g/mol. The smallest absolute Gasteiger partial charge is 0.329 e. The molecule has 1 amide bonds. The molecule has 1 heterocycles. The third-order valence-corrected chi connectivity index (χ3v) is 2.94. The van der Waals surface area contributed by atoms with Crippen molar-refractivity contribution in [1.82, 2.24) is 4.90 Å². The molecule has 5 heteroatoms. The van der Waals surface area contributed by atoms with Gasteiger partial charge in [0, 0.05) is 25.5 Å². The second kappa shape index (κ2) is 5.69. The van der Waals surface area contributed by atoms with Crippen LogP contribution in [0.25, 0.3) is 0 Å². The Hall–Kier alpha value is -1.10. The van der Waals surface area contributed by atoms with Crippen LogP contribution in [0, 0.1) is 5.92 Å². The van der Waals surface area contributed by atoms with Gasteiger partial charge in [-0.05, 0) is 27.2 Å². The van der Waals surface area contributed by atoms with Crippen LogP contribution in [0.1, 0.15) is 40.5 Å². The van der Waals surface area contributed by atoms with Crippen molar-refractivity contribution >= 4 is 11.9 Å². The van der Waals surface area contributed by atoms with Gasteiger partial charge in [-0.2, -0.15) is 0 Å². The number of hydrogen-bond donors (Lipinski definition) is 1. The molecule has 0 aliphatic carbocycles. The predicted octanol–water partition coefficient (Wildman–Crippen LogP) is 0.948. The Morgan fingerprint density at radius 1 is 1.56 bits per heavy atom. The number of amides is 1. The van der Waals surface area contributed by atoms with Gasteiger partial charge in [-0.1, -0.05) is 6.92 Å². The van der Waals surface area contributed by atoms with E-state index in [-0.39, 0.29) is 24.4 Å². The summed E-state index contributed by atoms with van der Waals surface area (Å²) in [4.78, 5) is 25.4. The summed E-state index contributed by atoms with van der Waals surface area (Å²) >= 11 is 0. The van der Waals surface area contributed by atoms with E-state index < -0.39 is 11.6 Å². The van der Waals surface area contributed by atoms with Crippen LogP contribution in [0.5, 0.6) is 0 Å². The van der Waals surface area contributed by atoms with Gasteiger partial charge in [0.1, 0.15) is 11.6 Å². The second-order valence-corrected chi connectivity index (χ2v) is 5.76. The minimum atomic E-state index is -0.552. The number of rotatable bonds is 4. The van der Waals surface area contributed by atoms with Gasteiger partial charge in [-0.3, -0.25) is 4.79 Å². The molecule has 0 aromatic rings. The normalized spacial score (nSPS) is 22.2. The zero-order valence-corrected chi connectivity index (χ0v) is 11.6. The lowest BCUT2D eigenvalue weighted by Gasteiger charge is -2.29. The van der Waals surface area contributed by atoms with E-state index in [2.05, 4.69) is 0 Å². The topological polar surface area (TPSA) is 66.8 Å². The maximum atomic E-state index is 12.0. The molecular weight excluding hydrogens is 234 g/mol. The van der Waals surface area contributed by atoms with Crippen molar-refractivity contribution in [2.45, 2.75) is 52.2 Å². The molecule has 0 aromatic carbocycles. The molecule has 5 nitrogen and oxygen atoms in total. The van der Waals surface area contributed by atoms with Crippen LogP contribution >= 0.6 is 0 Å². The van der Waals surface area contributed by atoms with Gasteiger partial charge >= 0.3 is 5.97 Å².